The van der Waals surface area contributed by atoms with Crippen molar-refractivity contribution in [2.75, 3.05) is 0 Å². The molecule has 0 aliphatic rings. The molecule has 0 amide bonds. The summed E-state index contributed by atoms with van der Waals surface area (Å²) >= 11 is 0. The molecule has 0 atom stereocenters. The number of aryl methyl sites for hydroxylation is 1. The first kappa shape index (κ1) is 18.1. The number of hydrogen-bond acceptors (Lipinski definition) is 2. The molecule has 0 saturated heterocycles. The molecule has 0 bridgehead atoms. The summed E-state index contributed by atoms with van der Waals surface area (Å²) in [5.74, 6) is 0. The van der Waals surface area contributed by atoms with Gasteiger partial charge in [0, 0.05) is 34.9 Å². The molecule has 0 unspecified atom stereocenters. The topological polar surface area (TPSA) is 26.0 Å². The van der Waals surface area contributed by atoms with Crippen molar-refractivity contribution in [3.63, 3.8) is 0 Å². The first-order valence-electron chi connectivity index (χ1n) is 15.0. The van der Waals surface area contributed by atoms with E-state index >= 15 is 0 Å². The minimum absolute atomic E-state index is 0.111. The monoisotopic (exact) mass is 486 g/mol. The van der Waals surface area contributed by atoms with E-state index < -0.39 is 18.6 Å². The van der Waals surface area contributed by atoms with Gasteiger partial charge in [-0.2, -0.15) is 0 Å². The van der Waals surface area contributed by atoms with Crippen LogP contribution in [0.5, 0.6) is 0 Å². The Bertz CT molecular complexity index is 1930. The molecule has 0 spiro atoms. The predicted molar refractivity (Wildman–Crippen MR) is 156 cm³/mol. The van der Waals surface area contributed by atoms with Gasteiger partial charge in [-0.15, -0.1) is 0 Å². The Morgan fingerprint density at radius 2 is 1.46 bits per heavy atom. The lowest BCUT2D eigenvalue weighted by molar-refractivity contribution is 0.411. The molecule has 0 fully saturated rings. The summed E-state index contributed by atoms with van der Waals surface area (Å²) in [6.07, 6.45) is -0.0440. The minimum atomic E-state index is -2.44. The van der Waals surface area contributed by atoms with Crippen LogP contribution in [0.1, 0.15) is 38.8 Å². The van der Waals surface area contributed by atoms with Crippen LogP contribution in [0, 0.1) is 12.3 Å². The van der Waals surface area contributed by atoms with E-state index in [1.54, 1.807) is 24.4 Å². The highest BCUT2D eigenvalue weighted by Gasteiger charge is 2.17. The van der Waals surface area contributed by atoms with Crippen LogP contribution in [0.15, 0.2) is 108 Å². The average Bonchev–Trinajstić information content (AvgIpc) is 3.35. The van der Waals surface area contributed by atoms with Gasteiger partial charge in [0.1, 0.15) is 11.2 Å². The fourth-order valence-corrected chi connectivity index (χ4v) is 4.92. The SMILES string of the molecule is [2H]C([2H])([2H])c1cc(C([2H])([2H])C(C)(C)C)ccc1-c1ccnc(-c2cccc3c2oc2c(-c4ccccc4)cccc23)c1. The third kappa shape index (κ3) is 4.44. The second-order valence-corrected chi connectivity index (χ2v) is 10.4. The molecule has 0 aliphatic carbocycles. The molecule has 182 valence electrons. The van der Waals surface area contributed by atoms with Crippen molar-refractivity contribution >= 4 is 21.9 Å². The number of pyridine rings is 1. The van der Waals surface area contributed by atoms with Gasteiger partial charge in [-0.3, -0.25) is 4.98 Å². The van der Waals surface area contributed by atoms with Gasteiger partial charge >= 0.3 is 0 Å². The number of para-hydroxylation sites is 2. The van der Waals surface area contributed by atoms with Crippen LogP contribution in [0.25, 0.3) is 55.4 Å². The second kappa shape index (κ2) is 9.05. The van der Waals surface area contributed by atoms with Gasteiger partial charge in [-0.1, -0.05) is 99.6 Å². The minimum Gasteiger partial charge on any atom is -0.455 e. The molecule has 6 rings (SSSR count). The maximum Gasteiger partial charge on any atom is 0.144 e. The van der Waals surface area contributed by atoms with Crippen molar-refractivity contribution in [1.82, 2.24) is 4.98 Å². The zero-order valence-corrected chi connectivity index (χ0v) is 21.2. The normalized spacial score (nSPS) is 14.6. The van der Waals surface area contributed by atoms with Crippen molar-refractivity contribution in [2.24, 2.45) is 5.41 Å². The van der Waals surface area contributed by atoms with Crippen molar-refractivity contribution < 1.29 is 11.3 Å². The quantitative estimate of drug-likeness (QED) is 0.248. The van der Waals surface area contributed by atoms with Crippen molar-refractivity contribution in [1.29, 1.82) is 0 Å². The third-order valence-corrected chi connectivity index (χ3v) is 6.49. The maximum absolute atomic E-state index is 8.70. The maximum atomic E-state index is 8.70. The number of furan rings is 1. The zero-order chi connectivity index (χ0) is 29.9. The van der Waals surface area contributed by atoms with Crippen LogP contribution in [-0.2, 0) is 6.37 Å². The number of fused-ring (bicyclic) bond motifs is 3. The Labute approximate surface area is 225 Å². The lowest BCUT2D eigenvalue weighted by Crippen LogP contribution is -2.09. The van der Waals surface area contributed by atoms with E-state index in [1.807, 2.05) is 69.3 Å². The van der Waals surface area contributed by atoms with E-state index in [9.17, 15) is 0 Å². The molecule has 2 heterocycles. The van der Waals surface area contributed by atoms with E-state index in [2.05, 4.69) is 29.2 Å². The van der Waals surface area contributed by atoms with Gasteiger partial charge in [-0.25, -0.2) is 0 Å². The van der Waals surface area contributed by atoms with Crippen molar-refractivity contribution in [3.8, 4) is 33.5 Å². The van der Waals surface area contributed by atoms with Gasteiger partial charge in [0.2, 0.25) is 0 Å². The molecule has 2 heteroatoms. The smallest absolute Gasteiger partial charge is 0.144 e. The largest absolute Gasteiger partial charge is 0.455 e. The molecule has 0 aliphatic heterocycles. The molecule has 6 aromatic rings. The predicted octanol–water partition coefficient (Wildman–Crippen LogP) is 9.88. The second-order valence-electron chi connectivity index (χ2n) is 10.4. The van der Waals surface area contributed by atoms with Crippen LogP contribution < -0.4 is 0 Å². The first-order chi connectivity index (χ1) is 19.9. The molecule has 37 heavy (non-hydrogen) atoms. The van der Waals surface area contributed by atoms with Gasteiger partial charge in [0.15, 0.2) is 0 Å². The molecule has 0 N–H and O–H groups in total. The Balaban J connectivity index is 1.51. The fraction of sp³-hybridized carbons (Fsp3) is 0.171. The van der Waals surface area contributed by atoms with Crippen molar-refractivity contribution in [2.45, 2.75) is 34.0 Å². The summed E-state index contributed by atoms with van der Waals surface area (Å²) in [4.78, 5) is 4.66. The molecule has 2 aromatic heterocycles. The number of rotatable bonds is 4. The van der Waals surface area contributed by atoms with Crippen molar-refractivity contribution in [3.05, 3.63) is 114 Å². The van der Waals surface area contributed by atoms with E-state index in [0.717, 1.165) is 33.0 Å². The lowest BCUT2D eigenvalue weighted by Gasteiger charge is -2.19. The number of nitrogens with zero attached hydrogens (tertiary/aromatic N) is 1. The van der Waals surface area contributed by atoms with E-state index in [0.29, 0.717) is 28.0 Å². The summed E-state index contributed by atoms with van der Waals surface area (Å²) in [7, 11) is 0. The Hall–Kier alpha value is -4.17. The summed E-state index contributed by atoms with van der Waals surface area (Å²) < 4.78 is 48.8. The number of aromatic nitrogens is 1. The molecular formula is C35H31NO. The third-order valence-electron chi connectivity index (χ3n) is 6.49. The van der Waals surface area contributed by atoms with Crippen LogP contribution in [0.4, 0.5) is 0 Å². The lowest BCUT2D eigenvalue weighted by atomic mass is 9.86. The van der Waals surface area contributed by atoms with E-state index in [-0.39, 0.29) is 5.56 Å². The van der Waals surface area contributed by atoms with E-state index in [1.165, 1.54) is 6.07 Å². The standard InChI is InChI=1S/C35H31NO/c1-23-20-24(22-35(2,3)4)16-17-27(23)26-18-19-36-32(21-26)31-15-9-14-30-29-13-8-12-28(33(29)37-34(30)31)25-10-6-5-7-11-25/h5-21H,22H2,1-4H3/i1D3,22D2. The van der Waals surface area contributed by atoms with Crippen LogP contribution in [0.3, 0.4) is 0 Å². The Morgan fingerprint density at radius 1 is 0.730 bits per heavy atom. The summed E-state index contributed by atoms with van der Waals surface area (Å²) in [6.45, 7) is 3.00. The number of benzene rings is 4. The molecule has 2 nitrogen and oxygen atoms in total. The zero-order valence-electron chi connectivity index (χ0n) is 26.2. The highest BCUT2D eigenvalue weighted by molar-refractivity contribution is 6.12. The Kier molecular flexibility index (Phi) is 4.43. The molecular weight excluding hydrogens is 450 g/mol. The molecule has 4 aromatic carbocycles. The van der Waals surface area contributed by atoms with Gasteiger partial charge in [-0.05, 0) is 64.7 Å². The summed E-state index contributed by atoms with van der Waals surface area (Å²) in [5, 5.41) is 1.99. The highest BCUT2D eigenvalue weighted by Crippen LogP contribution is 2.40. The fourth-order valence-electron chi connectivity index (χ4n) is 4.92. The summed E-state index contributed by atoms with van der Waals surface area (Å²) in [5.41, 5.74) is 6.01. The molecule has 0 radical (unpaired) electrons. The van der Waals surface area contributed by atoms with Crippen LogP contribution >= 0.6 is 0 Å². The average molecular weight is 487 g/mol. The number of hydrogen-bond donors (Lipinski definition) is 0. The molecule has 0 saturated carbocycles. The van der Waals surface area contributed by atoms with Gasteiger partial charge in [0.05, 0.1) is 5.69 Å². The van der Waals surface area contributed by atoms with Crippen LogP contribution in [-0.4, -0.2) is 4.98 Å². The van der Waals surface area contributed by atoms with Gasteiger partial charge in [0.25, 0.3) is 0 Å². The summed E-state index contributed by atoms with van der Waals surface area (Å²) in [6, 6.07) is 30.8. The van der Waals surface area contributed by atoms with Gasteiger partial charge < -0.3 is 4.42 Å². The van der Waals surface area contributed by atoms with E-state index in [4.69, 9.17) is 11.3 Å². The van der Waals surface area contributed by atoms with Crippen LogP contribution in [0.2, 0.25) is 0 Å². The first-order valence-corrected chi connectivity index (χ1v) is 12.5. The highest BCUT2D eigenvalue weighted by atomic mass is 16.3. The Morgan fingerprint density at radius 3 is 2.19 bits per heavy atom.